The van der Waals surface area contributed by atoms with Crippen LogP contribution in [-0.4, -0.2) is 15.9 Å². The third-order valence-corrected chi connectivity index (χ3v) is 4.30. The SMILES string of the molecule is Cc1c(-c2nccs2)cnc(Oc2ccc(Cl)cc2)c1C(N)=O. The lowest BCUT2D eigenvalue weighted by Gasteiger charge is -2.12. The summed E-state index contributed by atoms with van der Waals surface area (Å²) in [5, 5.41) is 3.22. The Hall–Kier alpha value is -2.44. The molecule has 0 saturated heterocycles. The monoisotopic (exact) mass is 345 g/mol. The number of benzene rings is 1. The molecule has 0 spiro atoms. The van der Waals surface area contributed by atoms with Crippen LogP contribution >= 0.6 is 22.9 Å². The van der Waals surface area contributed by atoms with Crippen molar-refractivity contribution < 1.29 is 9.53 Å². The van der Waals surface area contributed by atoms with E-state index in [1.807, 2.05) is 5.38 Å². The van der Waals surface area contributed by atoms with Gasteiger partial charge in [0.15, 0.2) is 0 Å². The largest absolute Gasteiger partial charge is 0.438 e. The maximum absolute atomic E-state index is 11.9. The summed E-state index contributed by atoms with van der Waals surface area (Å²) in [6.07, 6.45) is 3.33. The zero-order valence-corrected chi connectivity index (χ0v) is 13.7. The molecule has 0 saturated carbocycles. The summed E-state index contributed by atoms with van der Waals surface area (Å²) in [6, 6.07) is 6.77. The van der Waals surface area contributed by atoms with Crippen LogP contribution in [0.3, 0.4) is 0 Å². The predicted molar refractivity (Wildman–Crippen MR) is 90.1 cm³/mol. The number of pyridine rings is 1. The van der Waals surface area contributed by atoms with Crippen molar-refractivity contribution in [2.75, 3.05) is 0 Å². The molecule has 0 aliphatic rings. The van der Waals surface area contributed by atoms with Crippen LogP contribution in [0.2, 0.25) is 5.02 Å². The second-order valence-electron chi connectivity index (χ2n) is 4.73. The predicted octanol–water partition coefficient (Wildman–Crippen LogP) is 4.06. The second kappa shape index (κ2) is 6.36. The number of halogens is 1. The van der Waals surface area contributed by atoms with E-state index >= 15 is 0 Å². The number of ether oxygens (including phenoxy) is 1. The summed E-state index contributed by atoms with van der Waals surface area (Å²) in [5.74, 6) is 0.0841. The number of carbonyl (C=O) groups is 1. The molecule has 0 radical (unpaired) electrons. The molecule has 2 heterocycles. The smallest absolute Gasteiger partial charge is 0.254 e. The third-order valence-electron chi connectivity index (χ3n) is 3.24. The van der Waals surface area contributed by atoms with E-state index in [1.54, 1.807) is 43.6 Å². The van der Waals surface area contributed by atoms with Gasteiger partial charge in [0.05, 0.1) is 0 Å². The van der Waals surface area contributed by atoms with Crippen molar-refractivity contribution in [2.24, 2.45) is 5.73 Å². The molecular weight excluding hydrogens is 334 g/mol. The highest BCUT2D eigenvalue weighted by Crippen LogP contribution is 2.32. The molecule has 116 valence electrons. The van der Waals surface area contributed by atoms with Crippen molar-refractivity contribution in [2.45, 2.75) is 6.92 Å². The average molecular weight is 346 g/mol. The van der Waals surface area contributed by atoms with Gasteiger partial charge in [-0.05, 0) is 36.8 Å². The molecule has 0 bridgehead atoms. The van der Waals surface area contributed by atoms with Crippen LogP contribution in [0.4, 0.5) is 0 Å². The van der Waals surface area contributed by atoms with Gasteiger partial charge >= 0.3 is 0 Å². The summed E-state index contributed by atoms with van der Waals surface area (Å²) in [6.45, 7) is 1.80. The van der Waals surface area contributed by atoms with Crippen molar-refractivity contribution in [1.29, 1.82) is 0 Å². The van der Waals surface area contributed by atoms with Gasteiger partial charge in [0.25, 0.3) is 5.91 Å². The molecule has 23 heavy (non-hydrogen) atoms. The quantitative estimate of drug-likeness (QED) is 0.773. The van der Waals surface area contributed by atoms with Crippen LogP contribution in [0.5, 0.6) is 11.6 Å². The van der Waals surface area contributed by atoms with E-state index in [4.69, 9.17) is 22.1 Å². The number of thiazole rings is 1. The molecule has 3 rings (SSSR count). The van der Waals surface area contributed by atoms with E-state index < -0.39 is 5.91 Å². The number of aromatic nitrogens is 2. The van der Waals surface area contributed by atoms with Gasteiger partial charge < -0.3 is 10.5 Å². The first-order chi connectivity index (χ1) is 11.1. The van der Waals surface area contributed by atoms with Crippen molar-refractivity contribution >= 4 is 28.8 Å². The fourth-order valence-electron chi connectivity index (χ4n) is 2.13. The highest BCUT2D eigenvalue weighted by atomic mass is 35.5. The normalized spacial score (nSPS) is 10.5. The zero-order valence-electron chi connectivity index (χ0n) is 12.1. The summed E-state index contributed by atoms with van der Waals surface area (Å²) >= 11 is 7.31. The molecule has 5 nitrogen and oxygen atoms in total. The molecule has 1 aromatic carbocycles. The fraction of sp³-hybridized carbons (Fsp3) is 0.0625. The Labute approximate surface area is 141 Å². The number of amides is 1. The number of nitrogens with zero attached hydrogens (tertiary/aromatic N) is 2. The zero-order chi connectivity index (χ0) is 16.4. The Kier molecular flexibility index (Phi) is 4.27. The maximum Gasteiger partial charge on any atom is 0.254 e. The number of primary amides is 1. The molecule has 7 heteroatoms. The Morgan fingerprint density at radius 3 is 2.61 bits per heavy atom. The fourth-order valence-corrected chi connectivity index (χ4v) is 2.96. The number of hydrogen-bond donors (Lipinski definition) is 1. The van der Waals surface area contributed by atoms with Crippen LogP contribution in [0, 0.1) is 6.92 Å². The van der Waals surface area contributed by atoms with E-state index in [2.05, 4.69) is 9.97 Å². The Bertz CT molecular complexity index is 849. The van der Waals surface area contributed by atoms with Crippen molar-refractivity contribution in [3.8, 4) is 22.2 Å². The van der Waals surface area contributed by atoms with Gasteiger partial charge in [0.1, 0.15) is 16.3 Å². The third kappa shape index (κ3) is 3.18. The Morgan fingerprint density at radius 1 is 1.26 bits per heavy atom. The van der Waals surface area contributed by atoms with E-state index in [0.717, 1.165) is 10.6 Å². The highest BCUT2D eigenvalue weighted by Gasteiger charge is 2.20. The molecule has 0 atom stereocenters. The summed E-state index contributed by atoms with van der Waals surface area (Å²) in [4.78, 5) is 20.4. The number of rotatable bonds is 4. The van der Waals surface area contributed by atoms with Crippen molar-refractivity contribution in [3.05, 3.63) is 58.2 Å². The van der Waals surface area contributed by atoms with E-state index in [-0.39, 0.29) is 11.4 Å². The minimum absolute atomic E-state index is 0.164. The first-order valence-electron chi connectivity index (χ1n) is 6.69. The topological polar surface area (TPSA) is 78.1 Å². The number of carbonyl (C=O) groups excluding carboxylic acids is 1. The minimum atomic E-state index is -0.600. The summed E-state index contributed by atoms with van der Waals surface area (Å²) in [5.41, 5.74) is 7.21. The second-order valence-corrected chi connectivity index (χ2v) is 6.07. The van der Waals surface area contributed by atoms with Gasteiger partial charge in [-0.15, -0.1) is 11.3 Å². The van der Waals surface area contributed by atoms with Gasteiger partial charge in [0.2, 0.25) is 5.88 Å². The molecule has 0 fully saturated rings. The Balaban J connectivity index is 2.05. The van der Waals surface area contributed by atoms with Gasteiger partial charge in [0, 0.05) is 28.4 Å². The lowest BCUT2D eigenvalue weighted by Crippen LogP contribution is -2.15. The molecule has 0 unspecified atom stereocenters. The van der Waals surface area contributed by atoms with Crippen LogP contribution in [0.1, 0.15) is 15.9 Å². The molecule has 2 N–H and O–H groups in total. The lowest BCUT2D eigenvalue weighted by atomic mass is 10.1. The Morgan fingerprint density at radius 2 is 2.00 bits per heavy atom. The van der Waals surface area contributed by atoms with Crippen LogP contribution in [0.15, 0.2) is 42.0 Å². The van der Waals surface area contributed by atoms with E-state index in [0.29, 0.717) is 16.3 Å². The molecule has 2 aromatic heterocycles. The molecule has 0 aliphatic heterocycles. The lowest BCUT2D eigenvalue weighted by molar-refractivity contribution is 0.0997. The molecule has 1 amide bonds. The van der Waals surface area contributed by atoms with Crippen LogP contribution < -0.4 is 10.5 Å². The molecule has 0 aliphatic carbocycles. The van der Waals surface area contributed by atoms with Crippen LogP contribution in [0.25, 0.3) is 10.6 Å². The number of nitrogens with two attached hydrogens (primary N) is 1. The molecule has 3 aromatic rings. The van der Waals surface area contributed by atoms with Crippen LogP contribution in [-0.2, 0) is 0 Å². The van der Waals surface area contributed by atoms with Gasteiger partial charge in [-0.1, -0.05) is 11.6 Å². The maximum atomic E-state index is 11.9. The van der Waals surface area contributed by atoms with Crippen molar-refractivity contribution in [1.82, 2.24) is 9.97 Å². The molecular formula is C16H12ClN3O2S. The van der Waals surface area contributed by atoms with E-state index in [1.165, 1.54) is 11.3 Å². The van der Waals surface area contributed by atoms with Crippen molar-refractivity contribution in [3.63, 3.8) is 0 Å². The van der Waals surface area contributed by atoms with E-state index in [9.17, 15) is 4.79 Å². The number of hydrogen-bond acceptors (Lipinski definition) is 5. The highest BCUT2D eigenvalue weighted by molar-refractivity contribution is 7.13. The first kappa shape index (κ1) is 15.5. The van der Waals surface area contributed by atoms with Gasteiger partial charge in [-0.25, -0.2) is 9.97 Å². The van der Waals surface area contributed by atoms with Gasteiger partial charge in [-0.3, -0.25) is 4.79 Å². The summed E-state index contributed by atoms with van der Waals surface area (Å²) in [7, 11) is 0. The minimum Gasteiger partial charge on any atom is -0.438 e. The summed E-state index contributed by atoms with van der Waals surface area (Å²) < 4.78 is 5.69. The van der Waals surface area contributed by atoms with Gasteiger partial charge in [-0.2, -0.15) is 0 Å². The average Bonchev–Trinajstić information content (AvgIpc) is 3.03. The first-order valence-corrected chi connectivity index (χ1v) is 7.94. The standard InChI is InChI=1S/C16H12ClN3O2S/c1-9-12(16-19-6-7-23-16)8-20-15(13(9)14(18)21)22-11-4-2-10(17)3-5-11/h2-8H,1H3,(H2,18,21).